The van der Waals surface area contributed by atoms with Crippen LogP contribution in [0.25, 0.3) is 0 Å². The Morgan fingerprint density at radius 1 is 1.17 bits per heavy atom. The van der Waals surface area contributed by atoms with E-state index in [1.54, 1.807) is 0 Å². The summed E-state index contributed by atoms with van der Waals surface area (Å²) in [5.74, 6) is 0.179. The highest BCUT2D eigenvalue weighted by Gasteiger charge is 2.12. The van der Waals surface area contributed by atoms with Gasteiger partial charge in [-0.1, -0.05) is 30.3 Å². The lowest BCUT2D eigenvalue weighted by molar-refractivity contribution is -0.121. The van der Waals surface area contributed by atoms with E-state index in [1.807, 2.05) is 18.2 Å². The second-order valence-corrected chi connectivity index (χ2v) is 4.88. The quantitative estimate of drug-likeness (QED) is 0.830. The van der Waals surface area contributed by atoms with E-state index >= 15 is 0 Å². The summed E-state index contributed by atoms with van der Waals surface area (Å²) >= 11 is 0. The molecule has 1 aromatic rings. The van der Waals surface area contributed by atoms with Crippen LogP contribution in [0.5, 0.6) is 0 Å². The predicted octanol–water partition coefficient (Wildman–Crippen LogP) is 1.83. The van der Waals surface area contributed by atoms with Crippen molar-refractivity contribution in [3.05, 3.63) is 35.9 Å². The average molecular weight is 246 g/mol. The molecule has 0 unspecified atom stereocenters. The Morgan fingerprint density at radius 3 is 2.61 bits per heavy atom. The molecule has 1 amide bonds. The lowest BCUT2D eigenvalue weighted by atomic mass is 10.1. The van der Waals surface area contributed by atoms with Crippen molar-refractivity contribution in [2.45, 2.75) is 25.7 Å². The zero-order valence-electron chi connectivity index (χ0n) is 10.9. The number of likely N-dealkylation sites (tertiary alicyclic amines) is 1. The van der Waals surface area contributed by atoms with Crippen LogP contribution in [0.4, 0.5) is 0 Å². The highest BCUT2D eigenvalue weighted by molar-refractivity contribution is 5.76. The van der Waals surface area contributed by atoms with Gasteiger partial charge in [-0.15, -0.1) is 0 Å². The summed E-state index contributed by atoms with van der Waals surface area (Å²) in [6.07, 6.45) is 4.12. The summed E-state index contributed by atoms with van der Waals surface area (Å²) < 4.78 is 0. The Balaban J connectivity index is 1.57. The summed E-state index contributed by atoms with van der Waals surface area (Å²) in [4.78, 5) is 14.0. The van der Waals surface area contributed by atoms with Gasteiger partial charge in [0.15, 0.2) is 0 Å². The van der Waals surface area contributed by atoms with Crippen molar-refractivity contribution >= 4 is 5.91 Å². The molecule has 0 spiro atoms. The van der Waals surface area contributed by atoms with Gasteiger partial charge in [-0.05, 0) is 37.9 Å². The van der Waals surface area contributed by atoms with Crippen LogP contribution in [-0.4, -0.2) is 37.0 Å². The minimum Gasteiger partial charge on any atom is -0.356 e. The summed E-state index contributed by atoms with van der Waals surface area (Å²) in [7, 11) is 0. The molecule has 2 rings (SSSR count). The van der Waals surface area contributed by atoms with Crippen molar-refractivity contribution in [2.75, 3.05) is 26.2 Å². The molecule has 18 heavy (non-hydrogen) atoms. The number of carbonyl (C=O) groups is 1. The third-order valence-electron chi connectivity index (χ3n) is 3.43. The molecule has 1 heterocycles. The molecule has 1 aliphatic heterocycles. The maximum atomic E-state index is 11.7. The van der Waals surface area contributed by atoms with E-state index in [9.17, 15) is 4.79 Å². The fourth-order valence-electron chi connectivity index (χ4n) is 2.35. The predicted molar refractivity (Wildman–Crippen MR) is 73.4 cm³/mol. The van der Waals surface area contributed by atoms with Crippen LogP contribution in [0.2, 0.25) is 0 Å². The number of benzene rings is 1. The van der Waals surface area contributed by atoms with E-state index in [0.717, 1.165) is 32.6 Å². The molecular formula is C15H22N2O. The zero-order valence-corrected chi connectivity index (χ0v) is 10.9. The highest BCUT2D eigenvalue weighted by Crippen LogP contribution is 2.07. The van der Waals surface area contributed by atoms with Gasteiger partial charge in [0.25, 0.3) is 0 Å². The normalized spacial score (nSPS) is 15.8. The standard InChI is InChI=1S/C15H22N2O/c18-15(9-13-17-11-4-5-12-17)16-10-8-14-6-2-1-3-7-14/h1-3,6-7H,4-5,8-13H2,(H,16,18). The van der Waals surface area contributed by atoms with Crippen LogP contribution in [-0.2, 0) is 11.2 Å². The molecule has 1 aliphatic rings. The molecule has 3 heteroatoms. The summed E-state index contributed by atoms with van der Waals surface area (Å²) in [5, 5.41) is 2.99. The molecule has 0 saturated carbocycles. The van der Waals surface area contributed by atoms with Gasteiger partial charge < -0.3 is 10.2 Å². The van der Waals surface area contributed by atoms with E-state index in [2.05, 4.69) is 22.3 Å². The number of amides is 1. The summed E-state index contributed by atoms with van der Waals surface area (Å²) in [6, 6.07) is 10.3. The third kappa shape index (κ3) is 4.49. The molecule has 0 radical (unpaired) electrons. The van der Waals surface area contributed by atoms with Crippen LogP contribution in [0.3, 0.4) is 0 Å². The molecule has 0 aromatic heterocycles. The Hall–Kier alpha value is -1.35. The Labute approximate surface area is 109 Å². The first-order valence-corrected chi connectivity index (χ1v) is 6.87. The van der Waals surface area contributed by atoms with Gasteiger partial charge in [-0.25, -0.2) is 0 Å². The summed E-state index contributed by atoms with van der Waals surface area (Å²) in [6.45, 7) is 3.98. The van der Waals surface area contributed by atoms with E-state index in [1.165, 1.54) is 18.4 Å². The van der Waals surface area contributed by atoms with Gasteiger partial charge >= 0.3 is 0 Å². The van der Waals surface area contributed by atoms with Crippen molar-refractivity contribution in [2.24, 2.45) is 0 Å². The molecule has 1 aromatic carbocycles. The number of hydrogen-bond acceptors (Lipinski definition) is 2. The van der Waals surface area contributed by atoms with Crippen LogP contribution in [0.15, 0.2) is 30.3 Å². The highest BCUT2D eigenvalue weighted by atomic mass is 16.1. The second-order valence-electron chi connectivity index (χ2n) is 4.88. The second kappa shape index (κ2) is 7.17. The molecule has 1 fully saturated rings. The molecular weight excluding hydrogens is 224 g/mol. The Bertz CT molecular complexity index is 358. The first kappa shape index (κ1) is 13.1. The molecule has 3 nitrogen and oxygen atoms in total. The SMILES string of the molecule is O=C(CCN1CCCC1)NCCc1ccccc1. The summed E-state index contributed by atoms with van der Waals surface area (Å²) in [5.41, 5.74) is 1.28. The van der Waals surface area contributed by atoms with Gasteiger partial charge in [0.2, 0.25) is 5.91 Å². The van der Waals surface area contributed by atoms with Crippen molar-refractivity contribution < 1.29 is 4.79 Å². The van der Waals surface area contributed by atoms with Crippen molar-refractivity contribution in [3.63, 3.8) is 0 Å². The number of carbonyl (C=O) groups excluding carboxylic acids is 1. The average Bonchev–Trinajstić information content (AvgIpc) is 2.91. The first-order chi connectivity index (χ1) is 8.84. The van der Waals surface area contributed by atoms with Gasteiger partial charge in [-0.2, -0.15) is 0 Å². The number of nitrogens with zero attached hydrogens (tertiary/aromatic N) is 1. The maximum absolute atomic E-state index is 11.7. The van der Waals surface area contributed by atoms with Crippen molar-refractivity contribution in [3.8, 4) is 0 Å². The van der Waals surface area contributed by atoms with E-state index in [4.69, 9.17) is 0 Å². The fourth-order valence-corrected chi connectivity index (χ4v) is 2.35. The third-order valence-corrected chi connectivity index (χ3v) is 3.43. The van der Waals surface area contributed by atoms with Gasteiger partial charge in [-0.3, -0.25) is 4.79 Å². The number of rotatable bonds is 6. The molecule has 0 aliphatic carbocycles. The maximum Gasteiger partial charge on any atom is 0.221 e. The minimum absolute atomic E-state index is 0.179. The number of hydrogen-bond donors (Lipinski definition) is 1. The van der Waals surface area contributed by atoms with Crippen molar-refractivity contribution in [1.29, 1.82) is 0 Å². The van der Waals surface area contributed by atoms with Crippen LogP contribution in [0.1, 0.15) is 24.8 Å². The molecule has 1 saturated heterocycles. The van der Waals surface area contributed by atoms with Crippen LogP contribution in [0, 0.1) is 0 Å². The Morgan fingerprint density at radius 2 is 1.89 bits per heavy atom. The molecule has 0 atom stereocenters. The fraction of sp³-hybridized carbons (Fsp3) is 0.533. The van der Waals surface area contributed by atoms with Crippen LogP contribution >= 0.6 is 0 Å². The first-order valence-electron chi connectivity index (χ1n) is 6.87. The zero-order chi connectivity index (χ0) is 12.6. The van der Waals surface area contributed by atoms with Gasteiger partial charge in [0.05, 0.1) is 0 Å². The van der Waals surface area contributed by atoms with Crippen LogP contribution < -0.4 is 5.32 Å². The lowest BCUT2D eigenvalue weighted by Gasteiger charge is -2.13. The number of nitrogens with one attached hydrogen (secondary N) is 1. The molecule has 98 valence electrons. The van der Waals surface area contributed by atoms with Gasteiger partial charge in [0.1, 0.15) is 0 Å². The Kier molecular flexibility index (Phi) is 5.21. The smallest absolute Gasteiger partial charge is 0.221 e. The largest absolute Gasteiger partial charge is 0.356 e. The van der Waals surface area contributed by atoms with Crippen molar-refractivity contribution in [1.82, 2.24) is 10.2 Å². The minimum atomic E-state index is 0.179. The topological polar surface area (TPSA) is 32.3 Å². The van der Waals surface area contributed by atoms with Gasteiger partial charge in [0, 0.05) is 19.5 Å². The molecule has 1 N–H and O–H groups in total. The lowest BCUT2D eigenvalue weighted by Crippen LogP contribution is -2.30. The monoisotopic (exact) mass is 246 g/mol. The van der Waals surface area contributed by atoms with E-state index in [0.29, 0.717) is 6.42 Å². The van der Waals surface area contributed by atoms with E-state index < -0.39 is 0 Å². The van der Waals surface area contributed by atoms with E-state index in [-0.39, 0.29) is 5.91 Å². The molecule has 0 bridgehead atoms.